The molecule has 2 aliphatic heterocycles. The van der Waals surface area contributed by atoms with Crippen LogP contribution in [-0.4, -0.2) is 60.5 Å². The second-order valence-electron chi connectivity index (χ2n) is 9.60. The highest BCUT2D eigenvalue weighted by atomic mass is 16.5. The number of aromatic nitrogens is 1. The summed E-state index contributed by atoms with van der Waals surface area (Å²) in [6.45, 7) is 7.70. The Balaban J connectivity index is 1.34. The van der Waals surface area contributed by atoms with Gasteiger partial charge in [0.15, 0.2) is 0 Å². The lowest BCUT2D eigenvalue weighted by molar-refractivity contribution is -0.136. The van der Waals surface area contributed by atoms with E-state index in [0.29, 0.717) is 18.4 Å². The summed E-state index contributed by atoms with van der Waals surface area (Å²) >= 11 is 0. The van der Waals surface area contributed by atoms with Gasteiger partial charge in [0.2, 0.25) is 5.91 Å². The maximum atomic E-state index is 13.1. The number of hydrogen-bond donors (Lipinski definition) is 0. The third-order valence-corrected chi connectivity index (χ3v) is 7.36. The van der Waals surface area contributed by atoms with Gasteiger partial charge in [-0.15, -0.1) is 0 Å². The molecule has 2 atom stereocenters. The smallest absolute Gasteiger partial charge is 0.225 e. The van der Waals surface area contributed by atoms with Crippen LogP contribution >= 0.6 is 0 Å². The third-order valence-electron chi connectivity index (χ3n) is 7.36. The summed E-state index contributed by atoms with van der Waals surface area (Å²) in [5, 5.41) is 0. The fraction of sp³-hybridized carbons (Fsp3) is 0.739. The van der Waals surface area contributed by atoms with Crippen LogP contribution in [0.25, 0.3) is 0 Å². The minimum Gasteiger partial charge on any atom is -0.376 e. The number of pyridine rings is 1. The van der Waals surface area contributed by atoms with Crippen molar-refractivity contribution in [2.75, 3.05) is 39.8 Å². The van der Waals surface area contributed by atoms with Crippen LogP contribution in [0.5, 0.6) is 0 Å². The number of likely N-dealkylation sites (tertiary alicyclic amines) is 2. The standard InChI is InChI=1S/C23H35N3O2/c1-18-5-7-20(8-6-18)22(27)26-11-9-23(17-26)16-25(2)13-21(23)15-28-14-19-4-3-10-24-12-19/h3-4,10,12,18,20-21H,5-9,11,13-17H2,1-2H3/t18?,20?,21-,23+/m0/s1. The Morgan fingerprint density at radius 1 is 1.29 bits per heavy atom. The molecule has 0 unspecified atom stereocenters. The van der Waals surface area contributed by atoms with E-state index in [-0.39, 0.29) is 11.3 Å². The molecule has 1 aromatic rings. The zero-order valence-electron chi connectivity index (χ0n) is 17.5. The molecule has 3 heterocycles. The van der Waals surface area contributed by atoms with E-state index >= 15 is 0 Å². The van der Waals surface area contributed by atoms with Crippen LogP contribution in [0.2, 0.25) is 0 Å². The van der Waals surface area contributed by atoms with Crippen molar-refractivity contribution in [3.8, 4) is 0 Å². The van der Waals surface area contributed by atoms with Gasteiger partial charge in [0, 0.05) is 55.8 Å². The summed E-state index contributed by atoms with van der Waals surface area (Å²) in [7, 11) is 2.20. The largest absolute Gasteiger partial charge is 0.376 e. The molecule has 5 heteroatoms. The molecule has 1 spiro atoms. The van der Waals surface area contributed by atoms with Gasteiger partial charge in [-0.2, -0.15) is 0 Å². The van der Waals surface area contributed by atoms with E-state index in [0.717, 1.165) is 63.5 Å². The molecule has 5 nitrogen and oxygen atoms in total. The van der Waals surface area contributed by atoms with E-state index < -0.39 is 0 Å². The number of amides is 1. The molecule has 154 valence electrons. The van der Waals surface area contributed by atoms with Gasteiger partial charge < -0.3 is 14.5 Å². The SMILES string of the molecule is CC1CCC(C(=O)N2CC[C@@]3(CN(C)C[C@H]3COCc3cccnc3)C2)CC1. The Kier molecular flexibility index (Phi) is 6.02. The second-order valence-corrected chi connectivity index (χ2v) is 9.60. The van der Waals surface area contributed by atoms with Crippen molar-refractivity contribution in [2.24, 2.45) is 23.2 Å². The van der Waals surface area contributed by atoms with Gasteiger partial charge in [0.1, 0.15) is 0 Å². The summed E-state index contributed by atoms with van der Waals surface area (Å²) in [6, 6.07) is 4.01. The van der Waals surface area contributed by atoms with Crippen LogP contribution in [0.1, 0.15) is 44.6 Å². The van der Waals surface area contributed by atoms with Crippen molar-refractivity contribution >= 4 is 5.91 Å². The lowest BCUT2D eigenvalue weighted by Crippen LogP contribution is -2.40. The topological polar surface area (TPSA) is 45.7 Å². The molecule has 2 saturated heterocycles. The van der Waals surface area contributed by atoms with E-state index in [9.17, 15) is 4.79 Å². The average Bonchev–Trinajstić information content (AvgIpc) is 3.26. The van der Waals surface area contributed by atoms with E-state index in [2.05, 4.69) is 34.8 Å². The number of ether oxygens (including phenoxy) is 1. The first-order valence-corrected chi connectivity index (χ1v) is 11.0. The van der Waals surface area contributed by atoms with Crippen LogP contribution in [-0.2, 0) is 16.1 Å². The highest BCUT2D eigenvalue weighted by Crippen LogP contribution is 2.44. The Bertz CT molecular complexity index is 659. The van der Waals surface area contributed by atoms with Gasteiger partial charge in [0.05, 0.1) is 13.2 Å². The number of nitrogens with zero attached hydrogens (tertiary/aromatic N) is 3. The number of hydrogen-bond acceptors (Lipinski definition) is 4. The molecule has 1 amide bonds. The maximum Gasteiger partial charge on any atom is 0.225 e. The first-order valence-electron chi connectivity index (χ1n) is 11.0. The Morgan fingerprint density at radius 3 is 2.86 bits per heavy atom. The van der Waals surface area contributed by atoms with Crippen LogP contribution in [0.4, 0.5) is 0 Å². The molecule has 1 aromatic heterocycles. The summed E-state index contributed by atoms with van der Waals surface area (Å²) in [5.74, 6) is 1.98. The molecule has 1 saturated carbocycles. The van der Waals surface area contributed by atoms with E-state index in [1.54, 1.807) is 6.20 Å². The van der Waals surface area contributed by atoms with Gasteiger partial charge in [0.25, 0.3) is 0 Å². The fourth-order valence-corrected chi connectivity index (χ4v) is 5.64. The number of rotatable bonds is 5. The minimum absolute atomic E-state index is 0.210. The van der Waals surface area contributed by atoms with Crippen LogP contribution in [0, 0.1) is 23.2 Å². The molecule has 0 bridgehead atoms. The molecule has 0 radical (unpaired) electrons. The molecule has 1 aliphatic carbocycles. The van der Waals surface area contributed by atoms with Crippen molar-refractivity contribution in [1.29, 1.82) is 0 Å². The van der Waals surface area contributed by atoms with E-state index in [1.807, 2.05) is 12.3 Å². The first-order chi connectivity index (χ1) is 13.6. The Hall–Kier alpha value is -1.46. The fourth-order valence-electron chi connectivity index (χ4n) is 5.64. The lowest BCUT2D eigenvalue weighted by atomic mass is 9.77. The number of carbonyl (C=O) groups excluding carboxylic acids is 1. The number of carbonyl (C=O) groups is 1. The predicted octanol–water partition coefficient (Wildman–Crippen LogP) is 3.20. The summed E-state index contributed by atoms with van der Waals surface area (Å²) < 4.78 is 6.09. The summed E-state index contributed by atoms with van der Waals surface area (Å²) in [6.07, 6.45) is 9.38. The molecule has 28 heavy (non-hydrogen) atoms. The quantitative estimate of drug-likeness (QED) is 0.781. The molecular formula is C23H35N3O2. The molecule has 0 N–H and O–H groups in total. The van der Waals surface area contributed by atoms with Crippen molar-refractivity contribution in [2.45, 2.75) is 45.6 Å². The van der Waals surface area contributed by atoms with E-state index in [4.69, 9.17) is 4.74 Å². The summed E-state index contributed by atoms with van der Waals surface area (Å²) in [5.41, 5.74) is 1.33. The minimum atomic E-state index is 0.210. The lowest BCUT2D eigenvalue weighted by Gasteiger charge is -2.32. The van der Waals surface area contributed by atoms with Crippen molar-refractivity contribution < 1.29 is 9.53 Å². The average molecular weight is 386 g/mol. The van der Waals surface area contributed by atoms with Gasteiger partial charge >= 0.3 is 0 Å². The third kappa shape index (κ3) is 4.25. The Labute approximate surface area is 169 Å². The van der Waals surface area contributed by atoms with Gasteiger partial charge in [-0.25, -0.2) is 0 Å². The molecule has 0 aromatic carbocycles. The molecule has 3 fully saturated rings. The van der Waals surface area contributed by atoms with Gasteiger partial charge in [-0.05, 0) is 56.7 Å². The zero-order chi connectivity index (χ0) is 19.6. The van der Waals surface area contributed by atoms with Gasteiger partial charge in [-0.1, -0.05) is 13.0 Å². The van der Waals surface area contributed by atoms with Crippen LogP contribution < -0.4 is 0 Å². The normalized spacial score (nSPS) is 33.6. The molecule has 4 rings (SSSR count). The van der Waals surface area contributed by atoms with Crippen LogP contribution in [0.15, 0.2) is 24.5 Å². The first kappa shape index (κ1) is 19.8. The van der Waals surface area contributed by atoms with Crippen LogP contribution in [0.3, 0.4) is 0 Å². The zero-order valence-corrected chi connectivity index (χ0v) is 17.5. The van der Waals surface area contributed by atoms with Crippen molar-refractivity contribution in [3.63, 3.8) is 0 Å². The van der Waals surface area contributed by atoms with Gasteiger partial charge in [-0.3, -0.25) is 9.78 Å². The predicted molar refractivity (Wildman–Crippen MR) is 110 cm³/mol. The van der Waals surface area contributed by atoms with Crippen molar-refractivity contribution in [3.05, 3.63) is 30.1 Å². The molecular weight excluding hydrogens is 350 g/mol. The van der Waals surface area contributed by atoms with Crippen molar-refractivity contribution in [1.82, 2.24) is 14.8 Å². The highest BCUT2D eigenvalue weighted by molar-refractivity contribution is 5.79. The van der Waals surface area contributed by atoms with E-state index in [1.165, 1.54) is 12.8 Å². The molecule has 3 aliphatic rings. The summed E-state index contributed by atoms with van der Waals surface area (Å²) in [4.78, 5) is 21.9. The Morgan fingerprint density at radius 2 is 2.11 bits per heavy atom. The highest BCUT2D eigenvalue weighted by Gasteiger charge is 2.50. The maximum absolute atomic E-state index is 13.1. The second kappa shape index (κ2) is 8.50. The monoisotopic (exact) mass is 385 g/mol.